The van der Waals surface area contributed by atoms with Gasteiger partial charge in [0.15, 0.2) is 0 Å². The summed E-state index contributed by atoms with van der Waals surface area (Å²) in [6.07, 6.45) is 0. The van der Waals surface area contributed by atoms with Crippen molar-refractivity contribution in [3.8, 4) is 6.07 Å². The van der Waals surface area contributed by atoms with Crippen LogP contribution >= 0.6 is 15.9 Å². The lowest BCUT2D eigenvalue weighted by Gasteiger charge is -2.10. The Morgan fingerprint density at radius 1 is 1.62 bits per heavy atom. The molecule has 0 aliphatic carbocycles. The highest BCUT2D eigenvalue weighted by Crippen LogP contribution is 2.24. The molecule has 4 nitrogen and oxygen atoms in total. The fourth-order valence-electron chi connectivity index (χ4n) is 1.36. The number of carbonyl (C=O) groups excluding carboxylic acids is 1. The lowest BCUT2D eigenvalue weighted by molar-refractivity contribution is 0.0524. The van der Waals surface area contributed by atoms with Crippen molar-refractivity contribution in [1.82, 2.24) is 0 Å². The highest BCUT2D eigenvalue weighted by molar-refractivity contribution is 9.10. The van der Waals surface area contributed by atoms with Crippen LogP contribution in [-0.2, 0) is 11.3 Å². The number of hydrogen-bond acceptors (Lipinski definition) is 4. The molecular weight excluding hydrogens is 272 g/mol. The molecule has 1 aromatic rings. The summed E-state index contributed by atoms with van der Waals surface area (Å²) in [7, 11) is 0. The van der Waals surface area contributed by atoms with Crippen LogP contribution in [0.5, 0.6) is 0 Å². The van der Waals surface area contributed by atoms with Gasteiger partial charge in [-0.15, -0.1) is 0 Å². The Labute approximate surface area is 102 Å². The van der Waals surface area contributed by atoms with Crippen molar-refractivity contribution in [3.63, 3.8) is 0 Å². The quantitative estimate of drug-likeness (QED) is 0.860. The van der Waals surface area contributed by atoms with E-state index < -0.39 is 5.97 Å². The maximum Gasteiger partial charge on any atom is 0.339 e. The van der Waals surface area contributed by atoms with Crippen molar-refractivity contribution < 1.29 is 9.53 Å². The summed E-state index contributed by atoms with van der Waals surface area (Å²) in [5.74, 6) is -0.466. The SMILES string of the molecule is CCOC(=O)c1c(Br)ccc(C#N)c1CN. The topological polar surface area (TPSA) is 76.1 Å². The van der Waals surface area contributed by atoms with Crippen LogP contribution in [0.1, 0.15) is 28.4 Å². The lowest BCUT2D eigenvalue weighted by atomic mass is 10.0. The van der Waals surface area contributed by atoms with Gasteiger partial charge in [0.2, 0.25) is 0 Å². The summed E-state index contributed by atoms with van der Waals surface area (Å²) in [6.45, 7) is 2.13. The fraction of sp³-hybridized carbons (Fsp3) is 0.273. The van der Waals surface area contributed by atoms with Crippen molar-refractivity contribution in [2.45, 2.75) is 13.5 Å². The Balaban J connectivity index is 3.35. The molecule has 5 heteroatoms. The van der Waals surface area contributed by atoms with E-state index in [1.165, 1.54) is 0 Å². The third-order valence-electron chi connectivity index (χ3n) is 2.07. The highest BCUT2D eigenvalue weighted by atomic mass is 79.9. The zero-order valence-corrected chi connectivity index (χ0v) is 10.4. The molecule has 0 heterocycles. The molecule has 0 atom stereocenters. The molecule has 0 saturated heterocycles. The standard InChI is InChI=1S/C11H11BrN2O2/c1-2-16-11(15)10-8(6-14)7(5-13)3-4-9(10)12/h3-4H,2,6,14H2,1H3. The molecule has 0 bridgehead atoms. The van der Waals surface area contributed by atoms with E-state index in [1.807, 2.05) is 6.07 Å². The Morgan fingerprint density at radius 3 is 2.81 bits per heavy atom. The molecule has 1 rings (SSSR count). The van der Waals surface area contributed by atoms with Gasteiger partial charge in [0.25, 0.3) is 0 Å². The van der Waals surface area contributed by atoms with Crippen molar-refractivity contribution in [3.05, 3.63) is 33.3 Å². The van der Waals surface area contributed by atoms with E-state index in [9.17, 15) is 4.79 Å². The number of rotatable bonds is 3. The van der Waals surface area contributed by atoms with Gasteiger partial charge < -0.3 is 10.5 Å². The summed E-state index contributed by atoms with van der Waals surface area (Å²) in [4.78, 5) is 11.7. The lowest BCUT2D eigenvalue weighted by Crippen LogP contribution is -2.13. The molecule has 0 aliphatic heterocycles. The minimum atomic E-state index is -0.466. The number of benzene rings is 1. The summed E-state index contributed by atoms with van der Waals surface area (Å²) in [5, 5.41) is 8.90. The first-order chi connectivity index (χ1) is 7.65. The maximum atomic E-state index is 11.7. The second-order valence-electron chi connectivity index (χ2n) is 2.98. The number of nitrogens with two attached hydrogens (primary N) is 1. The Morgan fingerprint density at radius 2 is 2.31 bits per heavy atom. The van der Waals surface area contributed by atoms with E-state index in [0.29, 0.717) is 21.2 Å². The van der Waals surface area contributed by atoms with Gasteiger partial charge in [-0.3, -0.25) is 0 Å². The summed E-state index contributed by atoms with van der Waals surface area (Å²) in [5.41, 5.74) is 6.79. The van der Waals surface area contributed by atoms with Crippen molar-refractivity contribution in [2.24, 2.45) is 5.73 Å². The third kappa shape index (κ3) is 2.40. The molecule has 16 heavy (non-hydrogen) atoms. The zero-order valence-electron chi connectivity index (χ0n) is 8.79. The summed E-state index contributed by atoms with van der Waals surface area (Å²) >= 11 is 3.26. The molecule has 1 aromatic carbocycles. The van der Waals surface area contributed by atoms with Crippen LogP contribution < -0.4 is 5.73 Å². The van der Waals surface area contributed by atoms with Gasteiger partial charge in [0.05, 0.1) is 23.8 Å². The molecular formula is C11H11BrN2O2. The van der Waals surface area contributed by atoms with E-state index in [2.05, 4.69) is 15.9 Å². The molecule has 84 valence electrons. The van der Waals surface area contributed by atoms with Gasteiger partial charge in [-0.25, -0.2) is 4.79 Å². The number of hydrogen-bond donors (Lipinski definition) is 1. The van der Waals surface area contributed by atoms with Crippen molar-refractivity contribution in [1.29, 1.82) is 5.26 Å². The largest absolute Gasteiger partial charge is 0.462 e. The van der Waals surface area contributed by atoms with Gasteiger partial charge in [0, 0.05) is 11.0 Å². The average molecular weight is 283 g/mol. The van der Waals surface area contributed by atoms with E-state index >= 15 is 0 Å². The number of carbonyl (C=O) groups is 1. The van der Waals surface area contributed by atoms with Gasteiger partial charge >= 0.3 is 5.97 Å². The van der Waals surface area contributed by atoms with E-state index in [0.717, 1.165) is 0 Å². The first kappa shape index (κ1) is 12.7. The number of halogens is 1. The van der Waals surface area contributed by atoms with Gasteiger partial charge in [-0.05, 0) is 40.5 Å². The molecule has 0 fully saturated rings. The molecule has 0 aliphatic rings. The fourth-order valence-corrected chi connectivity index (χ4v) is 1.89. The summed E-state index contributed by atoms with van der Waals surface area (Å²) in [6, 6.07) is 5.27. The molecule has 0 saturated carbocycles. The first-order valence-corrected chi connectivity index (χ1v) is 5.53. The Bertz CT molecular complexity index is 452. The van der Waals surface area contributed by atoms with Crippen LogP contribution in [-0.4, -0.2) is 12.6 Å². The second kappa shape index (κ2) is 5.64. The van der Waals surface area contributed by atoms with Gasteiger partial charge in [-0.2, -0.15) is 5.26 Å². The van der Waals surface area contributed by atoms with Crippen LogP contribution in [0.15, 0.2) is 16.6 Å². The smallest absolute Gasteiger partial charge is 0.339 e. The maximum absolute atomic E-state index is 11.7. The van der Waals surface area contributed by atoms with Crippen LogP contribution in [0.2, 0.25) is 0 Å². The number of esters is 1. The van der Waals surface area contributed by atoms with Gasteiger partial charge in [-0.1, -0.05) is 0 Å². The predicted molar refractivity (Wildman–Crippen MR) is 62.7 cm³/mol. The monoisotopic (exact) mass is 282 g/mol. The third-order valence-corrected chi connectivity index (χ3v) is 2.73. The minimum Gasteiger partial charge on any atom is -0.462 e. The molecule has 0 radical (unpaired) electrons. The normalized spacial score (nSPS) is 9.62. The molecule has 0 amide bonds. The van der Waals surface area contributed by atoms with Crippen LogP contribution in [0.3, 0.4) is 0 Å². The summed E-state index contributed by atoms with van der Waals surface area (Å²) < 4.78 is 5.51. The molecule has 0 spiro atoms. The first-order valence-electron chi connectivity index (χ1n) is 4.74. The number of nitriles is 1. The molecule has 0 unspecified atom stereocenters. The van der Waals surface area contributed by atoms with Crippen LogP contribution in [0, 0.1) is 11.3 Å². The highest BCUT2D eigenvalue weighted by Gasteiger charge is 2.18. The van der Waals surface area contributed by atoms with Crippen molar-refractivity contribution in [2.75, 3.05) is 6.61 Å². The van der Waals surface area contributed by atoms with Crippen LogP contribution in [0.4, 0.5) is 0 Å². The van der Waals surface area contributed by atoms with E-state index in [1.54, 1.807) is 19.1 Å². The number of ether oxygens (including phenoxy) is 1. The van der Waals surface area contributed by atoms with Crippen molar-refractivity contribution >= 4 is 21.9 Å². The molecule has 2 N–H and O–H groups in total. The Hall–Kier alpha value is -1.38. The van der Waals surface area contributed by atoms with Crippen LogP contribution in [0.25, 0.3) is 0 Å². The van der Waals surface area contributed by atoms with E-state index in [-0.39, 0.29) is 13.2 Å². The average Bonchev–Trinajstić information content (AvgIpc) is 2.28. The minimum absolute atomic E-state index is 0.122. The Kier molecular flexibility index (Phi) is 4.47. The molecule has 0 aromatic heterocycles. The predicted octanol–water partition coefficient (Wildman–Crippen LogP) is 1.96. The van der Waals surface area contributed by atoms with E-state index in [4.69, 9.17) is 15.7 Å². The zero-order chi connectivity index (χ0) is 12.1. The second-order valence-corrected chi connectivity index (χ2v) is 3.84. The number of nitrogens with zero attached hydrogens (tertiary/aromatic N) is 1. The van der Waals surface area contributed by atoms with Gasteiger partial charge in [0.1, 0.15) is 0 Å².